The standard InChI is InChI=1S/C16H17ClN2O2S/c1-11-15(22-10-18-11)16(20)19-6-7-21-13(9-19)8-12-4-2-3-5-14(12)17/h2-5,10,13H,6-9H2,1H3. The Kier molecular flexibility index (Phi) is 4.76. The lowest BCUT2D eigenvalue weighted by molar-refractivity contribution is -0.0206. The lowest BCUT2D eigenvalue weighted by Crippen LogP contribution is -2.46. The van der Waals surface area contributed by atoms with Crippen LogP contribution in [0.2, 0.25) is 5.02 Å². The predicted octanol–water partition coefficient (Wildman–Crippen LogP) is 3.19. The first-order valence-electron chi connectivity index (χ1n) is 7.19. The summed E-state index contributed by atoms with van der Waals surface area (Å²) >= 11 is 7.60. The van der Waals surface area contributed by atoms with Gasteiger partial charge < -0.3 is 9.64 Å². The van der Waals surface area contributed by atoms with E-state index in [9.17, 15) is 4.79 Å². The van der Waals surface area contributed by atoms with Crippen LogP contribution >= 0.6 is 22.9 Å². The Morgan fingerprint density at radius 3 is 3.05 bits per heavy atom. The van der Waals surface area contributed by atoms with Crippen LogP contribution in [0, 0.1) is 6.92 Å². The van der Waals surface area contributed by atoms with Crippen molar-refractivity contribution < 1.29 is 9.53 Å². The number of hydrogen-bond donors (Lipinski definition) is 0. The van der Waals surface area contributed by atoms with Crippen molar-refractivity contribution in [3.8, 4) is 0 Å². The maximum Gasteiger partial charge on any atom is 0.266 e. The molecule has 0 aliphatic carbocycles. The Morgan fingerprint density at radius 2 is 2.32 bits per heavy atom. The quantitative estimate of drug-likeness (QED) is 0.864. The third-order valence-electron chi connectivity index (χ3n) is 3.77. The fourth-order valence-corrected chi connectivity index (χ4v) is 3.57. The molecule has 0 spiro atoms. The molecule has 1 aliphatic heterocycles. The molecule has 116 valence electrons. The zero-order chi connectivity index (χ0) is 15.5. The van der Waals surface area contributed by atoms with E-state index in [-0.39, 0.29) is 12.0 Å². The third-order valence-corrected chi connectivity index (χ3v) is 5.06. The lowest BCUT2D eigenvalue weighted by Gasteiger charge is -2.33. The molecule has 4 nitrogen and oxygen atoms in total. The van der Waals surface area contributed by atoms with E-state index in [4.69, 9.17) is 16.3 Å². The fourth-order valence-electron chi connectivity index (χ4n) is 2.59. The second-order valence-electron chi connectivity index (χ2n) is 5.31. The zero-order valence-electron chi connectivity index (χ0n) is 12.3. The second kappa shape index (κ2) is 6.77. The number of rotatable bonds is 3. The zero-order valence-corrected chi connectivity index (χ0v) is 13.9. The van der Waals surface area contributed by atoms with Crippen LogP contribution in [0.4, 0.5) is 0 Å². The normalized spacial score (nSPS) is 18.5. The van der Waals surface area contributed by atoms with Crippen molar-refractivity contribution in [3.05, 3.63) is 50.9 Å². The van der Waals surface area contributed by atoms with Crippen LogP contribution < -0.4 is 0 Å². The minimum atomic E-state index is -0.0224. The van der Waals surface area contributed by atoms with Gasteiger partial charge in [0, 0.05) is 24.5 Å². The van der Waals surface area contributed by atoms with Crippen molar-refractivity contribution in [2.75, 3.05) is 19.7 Å². The summed E-state index contributed by atoms with van der Waals surface area (Å²) in [6.45, 7) is 3.63. The lowest BCUT2D eigenvalue weighted by atomic mass is 10.1. The van der Waals surface area contributed by atoms with Crippen molar-refractivity contribution in [3.63, 3.8) is 0 Å². The van der Waals surface area contributed by atoms with Gasteiger partial charge in [-0.2, -0.15) is 0 Å². The van der Waals surface area contributed by atoms with Gasteiger partial charge in [0.15, 0.2) is 0 Å². The SMILES string of the molecule is Cc1ncsc1C(=O)N1CCOC(Cc2ccccc2Cl)C1. The number of ether oxygens (including phenoxy) is 1. The molecule has 0 bridgehead atoms. The molecule has 1 aromatic heterocycles. The highest BCUT2D eigenvalue weighted by molar-refractivity contribution is 7.11. The van der Waals surface area contributed by atoms with Gasteiger partial charge in [-0.15, -0.1) is 11.3 Å². The molecule has 0 radical (unpaired) electrons. The van der Waals surface area contributed by atoms with Crippen molar-refractivity contribution in [1.82, 2.24) is 9.88 Å². The van der Waals surface area contributed by atoms with Crippen molar-refractivity contribution in [1.29, 1.82) is 0 Å². The van der Waals surface area contributed by atoms with Crippen LogP contribution in [0.1, 0.15) is 20.9 Å². The molecule has 1 aliphatic rings. The van der Waals surface area contributed by atoms with Crippen LogP contribution in [0.15, 0.2) is 29.8 Å². The highest BCUT2D eigenvalue weighted by Gasteiger charge is 2.27. The number of benzene rings is 1. The largest absolute Gasteiger partial charge is 0.374 e. The second-order valence-corrected chi connectivity index (χ2v) is 6.57. The van der Waals surface area contributed by atoms with Gasteiger partial charge >= 0.3 is 0 Å². The van der Waals surface area contributed by atoms with Crippen LogP contribution in [0.5, 0.6) is 0 Å². The van der Waals surface area contributed by atoms with Gasteiger partial charge in [-0.3, -0.25) is 4.79 Å². The van der Waals surface area contributed by atoms with Crippen LogP contribution in [-0.4, -0.2) is 41.6 Å². The predicted molar refractivity (Wildman–Crippen MR) is 87.7 cm³/mol. The first-order chi connectivity index (χ1) is 10.6. The number of aryl methyl sites for hydroxylation is 1. The van der Waals surface area contributed by atoms with E-state index >= 15 is 0 Å². The monoisotopic (exact) mass is 336 g/mol. The summed E-state index contributed by atoms with van der Waals surface area (Å²) in [6.07, 6.45) is 0.691. The van der Waals surface area contributed by atoms with Gasteiger partial charge in [-0.25, -0.2) is 4.98 Å². The summed E-state index contributed by atoms with van der Waals surface area (Å²) < 4.78 is 5.80. The first-order valence-corrected chi connectivity index (χ1v) is 8.45. The first kappa shape index (κ1) is 15.5. The highest BCUT2D eigenvalue weighted by Crippen LogP contribution is 2.21. The molecule has 0 N–H and O–H groups in total. The minimum absolute atomic E-state index is 0.0224. The van der Waals surface area contributed by atoms with Crippen LogP contribution in [-0.2, 0) is 11.2 Å². The molecular weight excluding hydrogens is 320 g/mol. The van der Waals surface area contributed by atoms with Gasteiger partial charge in [0.1, 0.15) is 4.88 Å². The van der Waals surface area contributed by atoms with Gasteiger partial charge in [0.05, 0.1) is 23.9 Å². The highest BCUT2D eigenvalue weighted by atomic mass is 35.5. The minimum Gasteiger partial charge on any atom is -0.374 e. The summed E-state index contributed by atoms with van der Waals surface area (Å²) in [7, 11) is 0. The molecule has 2 heterocycles. The molecule has 6 heteroatoms. The summed E-state index contributed by atoms with van der Waals surface area (Å²) in [5.74, 6) is 0.0486. The summed E-state index contributed by atoms with van der Waals surface area (Å²) in [6, 6.07) is 7.76. The number of nitrogens with zero attached hydrogens (tertiary/aromatic N) is 2. The van der Waals surface area contributed by atoms with E-state index < -0.39 is 0 Å². The molecule has 1 unspecified atom stereocenters. The average molecular weight is 337 g/mol. The molecule has 1 aromatic carbocycles. The van der Waals surface area contributed by atoms with Crippen molar-refractivity contribution in [2.24, 2.45) is 0 Å². The summed E-state index contributed by atoms with van der Waals surface area (Å²) in [4.78, 5) is 19.3. The van der Waals surface area contributed by atoms with Crippen LogP contribution in [0.3, 0.4) is 0 Å². The molecule has 2 aromatic rings. The number of aromatic nitrogens is 1. The molecule has 1 fully saturated rings. The molecule has 0 saturated carbocycles. The van der Waals surface area contributed by atoms with Gasteiger partial charge in [-0.05, 0) is 18.6 Å². The molecular formula is C16H17ClN2O2S. The molecule has 1 amide bonds. The summed E-state index contributed by atoms with van der Waals surface area (Å²) in [5, 5.41) is 0.743. The molecule has 1 atom stereocenters. The van der Waals surface area contributed by atoms with E-state index in [0.29, 0.717) is 26.1 Å². The Bertz CT molecular complexity index is 674. The molecule has 3 rings (SSSR count). The van der Waals surface area contributed by atoms with Gasteiger partial charge in [0.25, 0.3) is 5.91 Å². The van der Waals surface area contributed by atoms with E-state index in [1.807, 2.05) is 36.1 Å². The summed E-state index contributed by atoms with van der Waals surface area (Å²) in [5.41, 5.74) is 3.56. The fraction of sp³-hybridized carbons (Fsp3) is 0.375. The molecule has 1 saturated heterocycles. The molecule has 22 heavy (non-hydrogen) atoms. The number of thiazole rings is 1. The van der Waals surface area contributed by atoms with E-state index in [0.717, 1.165) is 21.2 Å². The topological polar surface area (TPSA) is 42.4 Å². The van der Waals surface area contributed by atoms with Crippen LogP contribution in [0.25, 0.3) is 0 Å². The van der Waals surface area contributed by atoms with Crippen molar-refractivity contribution in [2.45, 2.75) is 19.4 Å². The number of morpholine rings is 1. The van der Waals surface area contributed by atoms with Crippen molar-refractivity contribution >= 4 is 28.8 Å². The third kappa shape index (κ3) is 3.32. The number of amides is 1. The Hall–Kier alpha value is -1.43. The Morgan fingerprint density at radius 1 is 1.50 bits per heavy atom. The van der Waals surface area contributed by atoms with Gasteiger partial charge in [-0.1, -0.05) is 29.8 Å². The number of hydrogen-bond acceptors (Lipinski definition) is 4. The van der Waals surface area contributed by atoms with Gasteiger partial charge in [0.2, 0.25) is 0 Å². The van der Waals surface area contributed by atoms with E-state index in [2.05, 4.69) is 4.98 Å². The Labute approximate surface area is 138 Å². The number of carbonyl (C=O) groups excluding carboxylic acids is 1. The maximum absolute atomic E-state index is 12.6. The Balaban J connectivity index is 1.68. The van der Waals surface area contributed by atoms with E-state index in [1.165, 1.54) is 11.3 Å². The smallest absolute Gasteiger partial charge is 0.266 e. The number of halogens is 1. The maximum atomic E-state index is 12.6. The number of carbonyl (C=O) groups is 1. The average Bonchev–Trinajstić information content (AvgIpc) is 2.95. The van der Waals surface area contributed by atoms with E-state index in [1.54, 1.807) is 5.51 Å².